The summed E-state index contributed by atoms with van der Waals surface area (Å²) in [4.78, 5) is 0. The lowest BCUT2D eigenvalue weighted by atomic mass is 9.70. The number of aliphatic hydroxyl groups excluding tert-OH is 1. The summed E-state index contributed by atoms with van der Waals surface area (Å²) in [6.45, 7) is 10.2. The molecule has 0 amide bonds. The summed E-state index contributed by atoms with van der Waals surface area (Å²) in [5.74, 6) is 0. The van der Waals surface area contributed by atoms with Crippen molar-refractivity contribution in [3.63, 3.8) is 0 Å². The molecule has 1 aliphatic rings. The summed E-state index contributed by atoms with van der Waals surface area (Å²) in [7, 11) is 0. The third-order valence-electron chi connectivity index (χ3n) is 3.18. The van der Waals surface area contributed by atoms with Crippen molar-refractivity contribution < 1.29 is 10.2 Å². The number of rotatable bonds is 2. The molecule has 1 atom stereocenters. The number of aliphatic hydroxyl groups is 2. The molecule has 90 valence electrons. The van der Waals surface area contributed by atoms with Gasteiger partial charge in [0.25, 0.3) is 0 Å². The Morgan fingerprint density at radius 2 is 1.53 bits per heavy atom. The van der Waals surface area contributed by atoms with E-state index in [0.717, 1.165) is 0 Å². The van der Waals surface area contributed by atoms with Gasteiger partial charge in [0, 0.05) is 11.1 Å². The average Bonchev–Trinajstić information content (AvgIpc) is 1.95. The molecule has 3 heteroatoms. The minimum absolute atomic E-state index is 0.132. The third kappa shape index (κ3) is 2.92. The standard InChI is InChI=1S/C12H25NO2/c1-6-9(14)12(15)7-10(2,3)13-11(4,5)8-12/h9,13-15H,6-8H2,1-5H3. The topological polar surface area (TPSA) is 52.5 Å². The van der Waals surface area contributed by atoms with Crippen LogP contribution in [0.25, 0.3) is 0 Å². The maximum Gasteiger partial charge on any atom is 0.0939 e. The van der Waals surface area contributed by atoms with Crippen molar-refractivity contribution in [2.45, 2.75) is 76.7 Å². The molecule has 0 aromatic carbocycles. The van der Waals surface area contributed by atoms with E-state index in [-0.39, 0.29) is 11.1 Å². The second-order valence-corrected chi connectivity index (χ2v) is 6.27. The lowest BCUT2D eigenvalue weighted by Gasteiger charge is -2.52. The Bertz CT molecular complexity index is 220. The van der Waals surface area contributed by atoms with E-state index in [1.54, 1.807) is 0 Å². The summed E-state index contributed by atoms with van der Waals surface area (Å²) >= 11 is 0. The maximum atomic E-state index is 10.5. The molecule has 3 nitrogen and oxygen atoms in total. The fraction of sp³-hybridized carbons (Fsp3) is 1.00. The molecule has 3 N–H and O–H groups in total. The van der Waals surface area contributed by atoms with Gasteiger partial charge in [-0.05, 0) is 47.0 Å². The maximum absolute atomic E-state index is 10.5. The van der Waals surface area contributed by atoms with Crippen molar-refractivity contribution in [2.75, 3.05) is 0 Å². The van der Waals surface area contributed by atoms with Crippen LogP contribution in [0.2, 0.25) is 0 Å². The van der Waals surface area contributed by atoms with Crippen molar-refractivity contribution in [3.05, 3.63) is 0 Å². The second-order valence-electron chi connectivity index (χ2n) is 6.27. The normalized spacial score (nSPS) is 29.8. The van der Waals surface area contributed by atoms with Crippen molar-refractivity contribution in [3.8, 4) is 0 Å². The molecule has 1 rings (SSSR count). The van der Waals surface area contributed by atoms with E-state index in [1.807, 2.05) is 6.92 Å². The predicted octanol–water partition coefficient (Wildman–Crippen LogP) is 1.43. The molecular formula is C12H25NO2. The Morgan fingerprint density at radius 1 is 1.13 bits per heavy atom. The Morgan fingerprint density at radius 3 is 1.87 bits per heavy atom. The first-order valence-corrected chi connectivity index (χ1v) is 5.80. The van der Waals surface area contributed by atoms with E-state index in [2.05, 4.69) is 33.0 Å². The number of hydrogen-bond donors (Lipinski definition) is 3. The SMILES string of the molecule is CCC(O)C1(O)CC(C)(C)NC(C)(C)C1. The highest BCUT2D eigenvalue weighted by Crippen LogP contribution is 2.38. The largest absolute Gasteiger partial charge is 0.390 e. The van der Waals surface area contributed by atoms with Crippen molar-refractivity contribution in [1.82, 2.24) is 5.32 Å². The highest BCUT2D eigenvalue weighted by atomic mass is 16.3. The first-order chi connectivity index (χ1) is 6.60. The molecule has 1 heterocycles. The first-order valence-electron chi connectivity index (χ1n) is 5.80. The van der Waals surface area contributed by atoms with Gasteiger partial charge in [0.2, 0.25) is 0 Å². The molecule has 0 bridgehead atoms. The van der Waals surface area contributed by atoms with E-state index in [1.165, 1.54) is 0 Å². The minimum Gasteiger partial charge on any atom is -0.390 e. The molecule has 0 aromatic rings. The van der Waals surface area contributed by atoms with E-state index in [0.29, 0.717) is 19.3 Å². The molecular weight excluding hydrogens is 190 g/mol. The van der Waals surface area contributed by atoms with Crippen LogP contribution in [0.5, 0.6) is 0 Å². The van der Waals surface area contributed by atoms with Crippen molar-refractivity contribution in [2.24, 2.45) is 0 Å². The summed E-state index contributed by atoms with van der Waals surface area (Å²) < 4.78 is 0. The first kappa shape index (κ1) is 12.9. The lowest BCUT2D eigenvalue weighted by molar-refractivity contribution is -0.132. The summed E-state index contributed by atoms with van der Waals surface area (Å²) in [5.41, 5.74) is -1.22. The molecule has 0 saturated carbocycles. The third-order valence-corrected chi connectivity index (χ3v) is 3.18. The van der Waals surface area contributed by atoms with Gasteiger partial charge in [-0.3, -0.25) is 0 Å². The lowest BCUT2D eigenvalue weighted by Crippen LogP contribution is -2.66. The van der Waals surface area contributed by atoms with Gasteiger partial charge in [0.15, 0.2) is 0 Å². The van der Waals surface area contributed by atoms with Crippen LogP contribution < -0.4 is 5.32 Å². The van der Waals surface area contributed by atoms with E-state index < -0.39 is 11.7 Å². The Balaban J connectivity index is 2.92. The van der Waals surface area contributed by atoms with Crippen LogP contribution in [0.3, 0.4) is 0 Å². The number of hydrogen-bond acceptors (Lipinski definition) is 3. The van der Waals surface area contributed by atoms with E-state index in [4.69, 9.17) is 0 Å². The minimum atomic E-state index is -0.951. The van der Waals surface area contributed by atoms with Crippen LogP contribution in [0.1, 0.15) is 53.9 Å². The highest BCUT2D eigenvalue weighted by molar-refractivity contribution is 5.06. The van der Waals surface area contributed by atoms with Gasteiger partial charge < -0.3 is 15.5 Å². The van der Waals surface area contributed by atoms with E-state index in [9.17, 15) is 10.2 Å². The summed E-state index contributed by atoms with van der Waals surface area (Å²) in [6, 6.07) is 0. The monoisotopic (exact) mass is 215 g/mol. The smallest absolute Gasteiger partial charge is 0.0939 e. The van der Waals surface area contributed by atoms with Gasteiger partial charge >= 0.3 is 0 Å². The van der Waals surface area contributed by atoms with Gasteiger partial charge in [0.1, 0.15) is 0 Å². The molecule has 0 radical (unpaired) electrons. The van der Waals surface area contributed by atoms with Crippen molar-refractivity contribution in [1.29, 1.82) is 0 Å². The van der Waals surface area contributed by atoms with Gasteiger partial charge in [0.05, 0.1) is 11.7 Å². The molecule has 1 aliphatic heterocycles. The quantitative estimate of drug-likeness (QED) is 0.653. The zero-order valence-corrected chi connectivity index (χ0v) is 10.6. The Labute approximate surface area is 92.9 Å². The zero-order chi connectivity index (χ0) is 11.9. The average molecular weight is 215 g/mol. The van der Waals surface area contributed by atoms with Crippen molar-refractivity contribution >= 4 is 0 Å². The van der Waals surface area contributed by atoms with Crippen LogP contribution in [0.4, 0.5) is 0 Å². The predicted molar refractivity (Wildman–Crippen MR) is 61.8 cm³/mol. The van der Waals surface area contributed by atoms with Crippen LogP contribution >= 0.6 is 0 Å². The number of piperidine rings is 1. The molecule has 1 unspecified atom stereocenters. The Hall–Kier alpha value is -0.120. The van der Waals surface area contributed by atoms with Gasteiger partial charge in [-0.2, -0.15) is 0 Å². The molecule has 15 heavy (non-hydrogen) atoms. The van der Waals surface area contributed by atoms with Crippen LogP contribution in [0, 0.1) is 0 Å². The molecule has 0 spiro atoms. The summed E-state index contributed by atoms with van der Waals surface area (Å²) in [6.07, 6.45) is 1.16. The fourth-order valence-electron chi connectivity index (χ4n) is 3.21. The number of nitrogens with one attached hydrogen (secondary N) is 1. The zero-order valence-electron chi connectivity index (χ0n) is 10.6. The molecule has 1 saturated heterocycles. The van der Waals surface area contributed by atoms with Gasteiger partial charge in [-0.15, -0.1) is 0 Å². The second kappa shape index (κ2) is 3.72. The fourth-order valence-corrected chi connectivity index (χ4v) is 3.21. The van der Waals surface area contributed by atoms with Gasteiger partial charge in [-0.1, -0.05) is 6.92 Å². The van der Waals surface area contributed by atoms with Gasteiger partial charge in [-0.25, -0.2) is 0 Å². The highest BCUT2D eigenvalue weighted by Gasteiger charge is 2.49. The molecule has 1 fully saturated rings. The van der Waals surface area contributed by atoms with Crippen LogP contribution in [-0.2, 0) is 0 Å². The Kier molecular flexibility index (Phi) is 3.21. The van der Waals surface area contributed by atoms with E-state index >= 15 is 0 Å². The molecule has 0 aromatic heterocycles. The van der Waals surface area contributed by atoms with Crippen LogP contribution in [0.15, 0.2) is 0 Å². The van der Waals surface area contributed by atoms with Crippen LogP contribution in [-0.4, -0.2) is 33.0 Å². The molecule has 0 aliphatic carbocycles. The summed E-state index contributed by atoms with van der Waals surface area (Å²) in [5, 5.41) is 23.9.